The van der Waals surface area contributed by atoms with Crippen LogP contribution < -0.4 is 14.4 Å². The van der Waals surface area contributed by atoms with E-state index >= 15 is 0 Å². The minimum absolute atomic E-state index is 0.140. The molecule has 30 heavy (non-hydrogen) atoms. The number of carbonyl (C=O) groups excluding carboxylic acids is 1. The normalized spacial score (nSPS) is 11.3. The van der Waals surface area contributed by atoms with E-state index in [1.165, 1.54) is 0 Å². The average molecular weight is 435 g/mol. The van der Waals surface area contributed by atoms with Gasteiger partial charge in [-0.15, -0.1) is 0 Å². The highest BCUT2D eigenvalue weighted by Gasteiger charge is 2.20. The number of nitrogens with zero attached hydrogens (tertiary/aromatic N) is 1. The molecule has 0 radical (unpaired) electrons. The number of benzene rings is 2. The minimum atomic E-state index is -3.62. The zero-order valence-corrected chi connectivity index (χ0v) is 18.5. The molecule has 0 unspecified atom stereocenters. The average Bonchev–Trinajstić information content (AvgIpc) is 2.70. The van der Waals surface area contributed by atoms with Gasteiger partial charge in [0, 0.05) is 13.2 Å². The van der Waals surface area contributed by atoms with Gasteiger partial charge in [0.05, 0.1) is 18.0 Å². The molecule has 2 aromatic rings. The smallest absolute Gasteiger partial charge is 0.240 e. The van der Waals surface area contributed by atoms with E-state index in [4.69, 9.17) is 9.47 Å². The third-order valence-corrected chi connectivity index (χ3v) is 5.30. The number of carbonyl (C=O) groups is 1. The summed E-state index contributed by atoms with van der Waals surface area (Å²) in [6, 6.07) is 16.4. The quantitative estimate of drug-likeness (QED) is 0.519. The standard InChI is InChI=1S/C22H30N2O5S/c1-18(2)28-15-7-14-23-22(25)16-24(30(3,26)27)20-10-12-21(13-11-20)29-17-19-8-5-4-6-9-19/h4-6,8-13,18H,7,14-17H2,1-3H3,(H,23,25). The predicted molar refractivity (Wildman–Crippen MR) is 118 cm³/mol. The van der Waals surface area contributed by atoms with Crippen LogP contribution in [0.2, 0.25) is 0 Å². The maximum atomic E-state index is 12.2. The van der Waals surface area contributed by atoms with Gasteiger partial charge in [-0.2, -0.15) is 0 Å². The Balaban J connectivity index is 1.92. The van der Waals surface area contributed by atoms with E-state index in [-0.39, 0.29) is 18.6 Å². The Hall–Kier alpha value is -2.58. The van der Waals surface area contributed by atoms with E-state index in [0.717, 1.165) is 16.1 Å². The van der Waals surface area contributed by atoms with Crippen molar-refractivity contribution in [3.05, 3.63) is 60.2 Å². The first kappa shape index (κ1) is 23.7. The lowest BCUT2D eigenvalue weighted by molar-refractivity contribution is -0.119. The molecule has 0 fully saturated rings. The van der Waals surface area contributed by atoms with Crippen LogP contribution in [0.5, 0.6) is 5.75 Å². The highest BCUT2D eigenvalue weighted by Crippen LogP contribution is 2.22. The van der Waals surface area contributed by atoms with Crippen LogP contribution in [0.25, 0.3) is 0 Å². The van der Waals surface area contributed by atoms with E-state index in [0.29, 0.717) is 37.6 Å². The Kier molecular flexibility index (Phi) is 9.14. The minimum Gasteiger partial charge on any atom is -0.489 e. The highest BCUT2D eigenvalue weighted by molar-refractivity contribution is 7.92. The molecule has 0 saturated heterocycles. The number of hydrogen-bond donors (Lipinski definition) is 1. The third kappa shape index (κ3) is 8.42. The van der Waals surface area contributed by atoms with Crippen LogP contribution in [-0.4, -0.2) is 46.4 Å². The van der Waals surface area contributed by atoms with E-state index in [9.17, 15) is 13.2 Å². The topological polar surface area (TPSA) is 84.9 Å². The molecular weight excluding hydrogens is 404 g/mol. The maximum absolute atomic E-state index is 12.2. The Labute approximate surface area is 179 Å². The first-order chi connectivity index (χ1) is 14.3. The van der Waals surface area contributed by atoms with Gasteiger partial charge in [-0.05, 0) is 50.1 Å². The van der Waals surface area contributed by atoms with Crippen molar-refractivity contribution in [2.24, 2.45) is 0 Å². The number of rotatable bonds is 12. The molecule has 0 aliphatic rings. The van der Waals surface area contributed by atoms with Crippen LogP contribution in [0.15, 0.2) is 54.6 Å². The molecule has 0 aliphatic carbocycles. The van der Waals surface area contributed by atoms with Crippen LogP contribution >= 0.6 is 0 Å². The van der Waals surface area contributed by atoms with Crippen molar-refractivity contribution >= 4 is 21.6 Å². The summed E-state index contributed by atoms with van der Waals surface area (Å²) in [5.74, 6) is 0.250. The second kappa shape index (κ2) is 11.6. The molecule has 0 atom stereocenters. The molecular formula is C22H30N2O5S. The van der Waals surface area contributed by atoms with Gasteiger partial charge in [0.1, 0.15) is 18.9 Å². The highest BCUT2D eigenvalue weighted by atomic mass is 32.2. The molecule has 2 rings (SSSR count). The van der Waals surface area contributed by atoms with Crippen molar-refractivity contribution in [1.29, 1.82) is 0 Å². The van der Waals surface area contributed by atoms with Gasteiger partial charge in [-0.3, -0.25) is 9.10 Å². The first-order valence-corrected chi connectivity index (χ1v) is 11.7. The summed E-state index contributed by atoms with van der Waals surface area (Å²) in [5, 5.41) is 2.73. The Morgan fingerprint density at radius 2 is 1.73 bits per heavy atom. The molecule has 0 spiro atoms. The fourth-order valence-corrected chi connectivity index (χ4v) is 3.51. The van der Waals surface area contributed by atoms with Gasteiger partial charge < -0.3 is 14.8 Å². The predicted octanol–water partition coefficient (Wildman–Crippen LogP) is 2.96. The van der Waals surface area contributed by atoms with Crippen molar-refractivity contribution in [1.82, 2.24) is 5.32 Å². The lowest BCUT2D eigenvalue weighted by Crippen LogP contribution is -2.40. The van der Waals surface area contributed by atoms with Gasteiger partial charge in [0.25, 0.3) is 0 Å². The van der Waals surface area contributed by atoms with Crippen LogP contribution in [0.4, 0.5) is 5.69 Å². The van der Waals surface area contributed by atoms with E-state index in [1.807, 2.05) is 44.2 Å². The molecule has 1 N–H and O–H groups in total. The van der Waals surface area contributed by atoms with Crippen molar-refractivity contribution in [2.75, 3.05) is 30.3 Å². The molecule has 7 nitrogen and oxygen atoms in total. The number of sulfonamides is 1. The summed E-state index contributed by atoms with van der Waals surface area (Å²) in [4.78, 5) is 12.2. The van der Waals surface area contributed by atoms with Crippen LogP contribution in [0.3, 0.4) is 0 Å². The second-order valence-corrected chi connectivity index (χ2v) is 9.07. The number of nitrogens with one attached hydrogen (secondary N) is 1. The molecule has 1 amide bonds. The van der Waals surface area contributed by atoms with Gasteiger partial charge in [-0.1, -0.05) is 30.3 Å². The van der Waals surface area contributed by atoms with Gasteiger partial charge in [0.2, 0.25) is 15.9 Å². The molecule has 0 heterocycles. The third-order valence-electron chi connectivity index (χ3n) is 4.16. The molecule has 0 saturated carbocycles. The number of anilines is 1. The van der Waals surface area contributed by atoms with Gasteiger partial charge in [-0.25, -0.2) is 8.42 Å². The Morgan fingerprint density at radius 3 is 2.33 bits per heavy atom. The summed E-state index contributed by atoms with van der Waals surface area (Å²) in [7, 11) is -3.62. The first-order valence-electron chi connectivity index (χ1n) is 9.88. The van der Waals surface area contributed by atoms with Gasteiger partial charge in [0.15, 0.2) is 0 Å². The second-order valence-electron chi connectivity index (χ2n) is 7.16. The zero-order valence-electron chi connectivity index (χ0n) is 17.7. The Morgan fingerprint density at radius 1 is 1.07 bits per heavy atom. The lowest BCUT2D eigenvalue weighted by atomic mass is 10.2. The SMILES string of the molecule is CC(C)OCCCNC(=O)CN(c1ccc(OCc2ccccc2)cc1)S(C)(=O)=O. The summed E-state index contributed by atoms with van der Waals surface area (Å²) in [6.45, 7) is 4.99. The van der Waals surface area contributed by atoms with E-state index in [1.54, 1.807) is 24.3 Å². The zero-order chi connectivity index (χ0) is 22.0. The molecule has 0 aromatic heterocycles. The molecule has 0 bridgehead atoms. The van der Waals surface area contributed by atoms with Crippen molar-refractivity contribution in [2.45, 2.75) is 33.0 Å². The maximum Gasteiger partial charge on any atom is 0.240 e. The molecule has 2 aromatic carbocycles. The van der Waals surface area contributed by atoms with Crippen LogP contribution in [0, 0.1) is 0 Å². The molecule has 164 valence electrons. The van der Waals surface area contributed by atoms with Crippen molar-refractivity contribution in [3.8, 4) is 5.75 Å². The molecule has 8 heteroatoms. The fraction of sp³-hybridized carbons (Fsp3) is 0.409. The monoisotopic (exact) mass is 434 g/mol. The van der Waals surface area contributed by atoms with E-state index < -0.39 is 10.0 Å². The van der Waals surface area contributed by atoms with Crippen LogP contribution in [-0.2, 0) is 26.2 Å². The summed E-state index contributed by atoms with van der Waals surface area (Å²) in [5.41, 5.74) is 1.44. The molecule has 0 aliphatic heterocycles. The number of hydrogen-bond acceptors (Lipinski definition) is 5. The number of ether oxygens (including phenoxy) is 2. The summed E-state index contributed by atoms with van der Waals surface area (Å²) in [6.07, 6.45) is 1.88. The van der Waals surface area contributed by atoms with Crippen molar-refractivity contribution in [3.63, 3.8) is 0 Å². The van der Waals surface area contributed by atoms with Gasteiger partial charge >= 0.3 is 0 Å². The fourth-order valence-electron chi connectivity index (χ4n) is 2.65. The Bertz CT molecular complexity index is 884. The lowest BCUT2D eigenvalue weighted by Gasteiger charge is -2.22. The number of amides is 1. The van der Waals surface area contributed by atoms with Crippen molar-refractivity contribution < 1.29 is 22.7 Å². The summed E-state index contributed by atoms with van der Waals surface area (Å²) >= 11 is 0. The largest absolute Gasteiger partial charge is 0.489 e. The van der Waals surface area contributed by atoms with Crippen LogP contribution in [0.1, 0.15) is 25.8 Å². The summed E-state index contributed by atoms with van der Waals surface area (Å²) < 4.78 is 36.6. The van der Waals surface area contributed by atoms with E-state index in [2.05, 4.69) is 5.32 Å².